The van der Waals surface area contributed by atoms with Gasteiger partial charge in [-0.05, 0) is 78.4 Å². The summed E-state index contributed by atoms with van der Waals surface area (Å²) in [6, 6.07) is 29.8. The molecule has 0 radical (unpaired) electrons. The van der Waals surface area contributed by atoms with Gasteiger partial charge in [0.1, 0.15) is 5.70 Å². The number of carbonyl (C=O) groups excluding carboxylic acids is 4. The molecule has 4 aromatic rings. The monoisotopic (exact) mass is 595 g/mol. The quantitative estimate of drug-likeness (QED) is 0.0941. The van der Waals surface area contributed by atoms with Gasteiger partial charge in [0.2, 0.25) is 0 Å². The SMILES string of the molecule is O=C(Nc1ccc(SCCCN2C(=O)c3ccccc3C2=O)cc1)/C(=C/c1ccccc1Cl)NC(=O)c1ccccc1. The molecule has 1 heterocycles. The van der Waals surface area contributed by atoms with Gasteiger partial charge >= 0.3 is 0 Å². The Kier molecular flexibility index (Phi) is 9.16. The molecule has 0 unspecified atom stereocenters. The summed E-state index contributed by atoms with van der Waals surface area (Å²) in [5.74, 6) is -0.709. The molecular weight excluding hydrogens is 570 g/mol. The normalized spacial score (nSPS) is 12.7. The minimum Gasteiger partial charge on any atom is -0.321 e. The van der Waals surface area contributed by atoms with Crippen LogP contribution in [-0.2, 0) is 4.79 Å². The Balaban J connectivity index is 1.18. The highest BCUT2D eigenvalue weighted by molar-refractivity contribution is 7.99. The zero-order valence-electron chi connectivity index (χ0n) is 22.4. The van der Waals surface area contributed by atoms with E-state index in [1.807, 2.05) is 12.1 Å². The summed E-state index contributed by atoms with van der Waals surface area (Å²) in [5, 5.41) is 5.98. The van der Waals surface area contributed by atoms with Crippen LogP contribution in [0.25, 0.3) is 6.08 Å². The first-order valence-corrected chi connectivity index (χ1v) is 14.6. The van der Waals surface area contributed by atoms with Gasteiger partial charge in [-0.3, -0.25) is 24.1 Å². The minimum atomic E-state index is -0.499. The van der Waals surface area contributed by atoms with Crippen molar-refractivity contribution in [1.29, 1.82) is 0 Å². The van der Waals surface area contributed by atoms with E-state index < -0.39 is 11.8 Å². The number of carbonyl (C=O) groups is 4. The molecule has 2 N–H and O–H groups in total. The van der Waals surface area contributed by atoms with Crippen LogP contribution in [0.3, 0.4) is 0 Å². The maximum atomic E-state index is 13.2. The van der Waals surface area contributed by atoms with Crippen LogP contribution in [-0.4, -0.2) is 40.8 Å². The van der Waals surface area contributed by atoms with Crippen molar-refractivity contribution in [3.63, 3.8) is 0 Å². The molecule has 42 heavy (non-hydrogen) atoms. The van der Waals surface area contributed by atoms with Crippen LogP contribution in [0.15, 0.2) is 114 Å². The third kappa shape index (κ3) is 6.79. The largest absolute Gasteiger partial charge is 0.321 e. The van der Waals surface area contributed by atoms with E-state index in [0.717, 1.165) is 4.90 Å². The van der Waals surface area contributed by atoms with E-state index in [4.69, 9.17) is 11.6 Å². The molecule has 4 amide bonds. The topological polar surface area (TPSA) is 95.6 Å². The Bertz CT molecular complexity index is 1640. The molecule has 9 heteroatoms. The highest BCUT2D eigenvalue weighted by Crippen LogP contribution is 2.25. The van der Waals surface area contributed by atoms with Gasteiger partial charge in [-0.15, -0.1) is 11.8 Å². The predicted octanol–water partition coefficient (Wildman–Crippen LogP) is 6.53. The minimum absolute atomic E-state index is 0.0450. The van der Waals surface area contributed by atoms with Crippen LogP contribution in [0.4, 0.5) is 5.69 Å². The standard InChI is InChI=1S/C33H26ClN3O4S/c34-28-14-7-4-11-23(28)21-29(36-30(38)22-9-2-1-3-10-22)31(39)35-24-15-17-25(18-16-24)42-20-8-19-37-32(40)26-12-5-6-13-27(26)33(37)41/h1-7,9-18,21H,8,19-20H2,(H,35,39)(H,36,38)/b29-21-. The van der Waals surface area contributed by atoms with E-state index in [0.29, 0.717) is 51.7 Å². The number of anilines is 1. The smallest absolute Gasteiger partial charge is 0.272 e. The molecular formula is C33H26ClN3O4S. The van der Waals surface area contributed by atoms with Crippen LogP contribution in [0, 0.1) is 0 Å². The molecule has 0 saturated carbocycles. The van der Waals surface area contributed by atoms with Crippen LogP contribution in [0.5, 0.6) is 0 Å². The van der Waals surface area contributed by atoms with Crippen LogP contribution >= 0.6 is 23.4 Å². The van der Waals surface area contributed by atoms with Crippen molar-refractivity contribution in [1.82, 2.24) is 10.2 Å². The Morgan fingerprint density at radius 3 is 2.07 bits per heavy atom. The van der Waals surface area contributed by atoms with Gasteiger partial charge in [0, 0.05) is 27.7 Å². The lowest BCUT2D eigenvalue weighted by molar-refractivity contribution is -0.113. The second-order valence-corrected chi connectivity index (χ2v) is 11.0. The number of imide groups is 1. The van der Waals surface area contributed by atoms with Crippen molar-refractivity contribution in [2.24, 2.45) is 0 Å². The average Bonchev–Trinajstić information content (AvgIpc) is 3.26. The number of hydrogen-bond donors (Lipinski definition) is 2. The molecule has 0 fully saturated rings. The number of halogens is 1. The summed E-state index contributed by atoms with van der Waals surface area (Å²) < 4.78 is 0. The fraction of sp³-hybridized carbons (Fsp3) is 0.0909. The lowest BCUT2D eigenvalue weighted by Gasteiger charge is -2.13. The van der Waals surface area contributed by atoms with E-state index in [9.17, 15) is 19.2 Å². The molecule has 0 spiro atoms. The van der Waals surface area contributed by atoms with Gasteiger partial charge < -0.3 is 10.6 Å². The van der Waals surface area contributed by atoms with Crippen molar-refractivity contribution in [2.75, 3.05) is 17.6 Å². The lowest BCUT2D eigenvalue weighted by atomic mass is 10.1. The first-order chi connectivity index (χ1) is 20.4. The molecule has 1 aliphatic heterocycles. The maximum absolute atomic E-state index is 13.2. The first kappa shape index (κ1) is 28.9. The Hall–Kier alpha value is -4.66. The predicted molar refractivity (Wildman–Crippen MR) is 166 cm³/mol. The summed E-state index contributed by atoms with van der Waals surface area (Å²) in [6.07, 6.45) is 2.18. The van der Waals surface area contributed by atoms with E-state index in [2.05, 4.69) is 10.6 Å². The molecule has 1 aliphatic rings. The van der Waals surface area contributed by atoms with Gasteiger partial charge in [-0.1, -0.05) is 60.1 Å². The van der Waals surface area contributed by atoms with E-state index >= 15 is 0 Å². The van der Waals surface area contributed by atoms with E-state index in [1.165, 1.54) is 11.0 Å². The van der Waals surface area contributed by atoms with E-state index in [1.54, 1.807) is 103 Å². The highest BCUT2D eigenvalue weighted by Gasteiger charge is 2.34. The number of fused-ring (bicyclic) bond motifs is 1. The fourth-order valence-corrected chi connectivity index (χ4v) is 5.41. The second kappa shape index (κ2) is 13.3. The van der Waals surface area contributed by atoms with E-state index in [-0.39, 0.29) is 17.5 Å². The highest BCUT2D eigenvalue weighted by atomic mass is 35.5. The van der Waals surface area contributed by atoms with Crippen LogP contribution < -0.4 is 10.6 Å². The Morgan fingerprint density at radius 2 is 1.40 bits per heavy atom. The van der Waals surface area contributed by atoms with Crippen molar-refractivity contribution >= 4 is 58.8 Å². The number of nitrogens with zero attached hydrogens (tertiary/aromatic N) is 1. The van der Waals surface area contributed by atoms with Crippen LogP contribution in [0.1, 0.15) is 43.1 Å². The Morgan fingerprint density at radius 1 is 0.786 bits per heavy atom. The molecule has 210 valence electrons. The third-order valence-electron chi connectivity index (χ3n) is 6.52. The lowest BCUT2D eigenvalue weighted by Crippen LogP contribution is -2.31. The van der Waals surface area contributed by atoms with Gasteiger partial charge in [-0.25, -0.2) is 0 Å². The first-order valence-electron chi connectivity index (χ1n) is 13.2. The molecule has 4 aromatic carbocycles. The zero-order valence-corrected chi connectivity index (χ0v) is 24.0. The maximum Gasteiger partial charge on any atom is 0.272 e. The number of rotatable bonds is 10. The number of hydrogen-bond acceptors (Lipinski definition) is 5. The third-order valence-corrected chi connectivity index (χ3v) is 7.96. The molecule has 0 saturated heterocycles. The Labute approximate surface area is 252 Å². The number of amides is 4. The van der Waals surface area contributed by atoms with Crippen molar-refractivity contribution in [2.45, 2.75) is 11.3 Å². The second-order valence-electron chi connectivity index (χ2n) is 9.39. The van der Waals surface area contributed by atoms with Crippen molar-refractivity contribution in [3.8, 4) is 0 Å². The van der Waals surface area contributed by atoms with Crippen molar-refractivity contribution < 1.29 is 19.2 Å². The van der Waals surface area contributed by atoms with Gasteiger partial charge in [-0.2, -0.15) is 0 Å². The summed E-state index contributed by atoms with van der Waals surface area (Å²) >= 11 is 7.89. The molecule has 0 aromatic heterocycles. The average molecular weight is 596 g/mol. The summed E-state index contributed by atoms with van der Waals surface area (Å²) in [6.45, 7) is 0.350. The summed E-state index contributed by atoms with van der Waals surface area (Å²) in [5.41, 5.74) is 2.51. The number of nitrogens with one attached hydrogen (secondary N) is 2. The molecule has 7 nitrogen and oxygen atoms in total. The fourth-order valence-electron chi connectivity index (χ4n) is 4.38. The summed E-state index contributed by atoms with van der Waals surface area (Å²) in [7, 11) is 0. The molecule has 5 rings (SSSR count). The van der Waals surface area contributed by atoms with Crippen LogP contribution in [0.2, 0.25) is 5.02 Å². The number of benzene rings is 4. The van der Waals surface area contributed by atoms with Gasteiger partial charge in [0.05, 0.1) is 11.1 Å². The summed E-state index contributed by atoms with van der Waals surface area (Å²) in [4.78, 5) is 53.4. The van der Waals surface area contributed by atoms with Gasteiger partial charge in [0.25, 0.3) is 23.6 Å². The zero-order chi connectivity index (χ0) is 29.5. The van der Waals surface area contributed by atoms with Gasteiger partial charge in [0.15, 0.2) is 0 Å². The molecule has 0 bridgehead atoms. The van der Waals surface area contributed by atoms with Crippen molar-refractivity contribution in [3.05, 3.63) is 136 Å². The molecule has 0 atom stereocenters. The molecule has 0 aliphatic carbocycles. The number of thioether (sulfide) groups is 1.